The van der Waals surface area contributed by atoms with Crippen LogP contribution in [-0.4, -0.2) is 18.0 Å². The van der Waals surface area contributed by atoms with Crippen LogP contribution in [-0.2, 0) is 0 Å². The predicted molar refractivity (Wildman–Crippen MR) is 47.0 cm³/mol. The molecule has 1 aromatic rings. The lowest BCUT2D eigenvalue weighted by Crippen LogP contribution is -2.14. The summed E-state index contributed by atoms with van der Waals surface area (Å²) in [6.07, 6.45) is 0. The fraction of sp³-hybridized carbons (Fsp3) is 0.143. The SMILES string of the molecule is COc1ccc(Br)nc1C(N)=O. The minimum Gasteiger partial charge on any atom is -0.494 e. The van der Waals surface area contributed by atoms with E-state index in [9.17, 15) is 4.79 Å². The van der Waals surface area contributed by atoms with Crippen molar-refractivity contribution in [3.8, 4) is 5.75 Å². The molecule has 1 amide bonds. The van der Waals surface area contributed by atoms with E-state index in [2.05, 4.69) is 20.9 Å². The number of carbonyl (C=O) groups is 1. The van der Waals surface area contributed by atoms with Gasteiger partial charge in [-0.15, -0.1) is 0 Å². The quantitative estimate of drug-likeness (QED) is 0.770. The van der Waals surface area contributed by atoms with Crippen LogP contribution in [0.3, 0.4) is 0 Å². The molecule has 0 spiro atoms. The van der Waals surface area contributed by atoms with Gasteiger partial charge in [0, 0.05) is 0 Å². The van der Waals surface area contributed by atoms with Gasteiger partial charge in [0.15, 0.2) is 5.69 Å². The number of ether oxygens (including phenoxy) is 1. The molecule has 0 radical (unpaired) electrons. The fourth-order valence-corrected chi connectivity index (χ4v) is 1.07. The second-order valence-electron chi connectivity index (χ2n) is 2.05. The second kappa shape index (κ2) is 3.53. The van der Waals surface area contributed by atoms with Gasteiger partial charge in [-0.3, -0.25) is 4.79 Å². The Kier molecular flexibility index (Phi) is 2.65. The molecule has 64 valence electrons. The van der Waals surface area contributed by atoms with E-state index in [0.717, 1.165) is 0 Å². The molecule has 0 fully saturated rings. The third-order valence-corrected chi connectivity index (χ3v) is 1.72. The van der Waals surface area contributed by atoms with E-state index in [1.807, 2.05) is 0 Å². The first-order chi connectivity index (χ1) is 5.65. The number of hydrogen-bond donors (Lipinski definition) is 1. The maximum atomic E-state index is 10.8. The second-order valence-corrected chi connectivity index (χ2v) is 2.86. The molecule has 12 heavy (non-hydrogen) atoms. The first-order valence-corrected chi connectivity index (χ1v) is 3.95. The van der Waals surface area contributed by atoms with Gasteiger partial charge in [-0.1, -0.05) is 0 Å². The summed E-state index contributed by atoms with van der Waals surface area (Å²) in [5.41, 5.74) is 5.19. The lowest BCUT2D eigenvalue weighted by atomic mass is 10.3. The number of halogens is 1. The summed E-state index contributed by atoms with van der Waals surface area (Å²) < 4.78 is 5.43. The van der Waals surface area contributed by atoms with Crippen LogP contribution < -0.4 is 10.5 Å². The highest BCUT2D eigenvalue weighted by Gasteiger charge is 2.10. The zero-order chi connectivity index (χ0) is 9.14. The first-order valence-electron chi connectivity index (χ1n) is 3.15. The molecule has 4 nitrogen and oxygen atoms in total. The molecule has 0 saturated heterocycles. The van der Waals surface area contributed by atoms with E-state index in [1.165, 1.54) is 7.11 Å². The summed E-state index contributed by atoms with van der Waals surface area (Å²) >= 11 is 3.12. The lowest BCUT2D eigenvalue weighted by Gasteiger charge is -2.03. The van der Waals surface area contributed by atoms with Gasteiger partial charge >= 0.3 is 0 Å². The highest BCUT2D eigenvalue weighted by atomic mass is 79.9. The summed E-state index contributed by atoms with van der Waals surface area (Å²) in [5, 5.41) is 0. The monoisotopic (exact) mass is 230 g/mol. The molecule has 0 unspecified atom stereocenters. The summed E-state index contributed by atoms with van der Waals surface area (Å²) in [5.74, 6) is -0.223. The van der Waals surface area contributed by atoms with E-state index in [4.69, 9.17) is 10.5 Å². The molecular weight excluding hydrogens is 224 g/mol. The summed E-state index contributed by atoms with van der Waals surface area (Å²) in [4.78, 5) is 14.7. The number of methoxy groups -OCH3 is 1. The maximum Gasteiger partial charge on any atom is 0.271 e. The van der Waals surface area contributed by atoms with Crippen LogP contribution in [0.2, 0.25) is 0 Å². The standard InChI is InChI=1S/C7H7BrN2O2/c1-12-4-2-3-5(8)10-6(4)7(9)11/h2-3H,1H3,(H2,9,11). The van der Waals surface area contributed by atoms with Crippen molar-refractivity contribution in [2.24, 2.45) is 5.73 Å². The third-order valence-electron chi connectivity index (χ3n) is 1.28. The molecule has 1 rings (SSSR count). The summed E-state index contributed by atoms with van der Waals surface area (Å²) in [7, 11) is 1.46. The number of nitrogens with two attached hydrogens (primary N) is 1. The van der Waals surface area contributed by atoms with Gasteiger partial charge in [0.2, 0.25) is 0 Å². The molecule has 0 aliphatic carbocycles. The molecule has 0 aromatic carbocycles. The topological polar surface area (TPSA) is 65.2 Å². The predicted octanol–water partition coefficient (Wildman–Crippen LogP) is 0.952. The average molecular weight is 231 g/mol. The largest absolute Gasteiger partial charge is 0.494 e. The molecule has 0 atom stereocenters. The van der Waals surface area contributed by atoms with Crippen LogP contribution in [0.4, 0.5) is 0 Å². The zero-order valence-corrected chi connectivity index (χ0v) is 7.96. The number of aromatic nitrogens is 1. The van der Waals surface area contributed by atoms with Gasteiger partial charge < -0.3 is 10.5 Å². The molecular formula is C7H7BrN2O2. The summed E-state index contributed by atoms with van der Waals surface area (Å²) in [6, 6.07) is 3.29. The number of amides is 1. The number of rotatable bonds is 2. The third kappa shape index (κ3) is 1.73. The number of hydrogen-bond acceptors (Lipinski definition) is 3. The molecule has 0 bridgehead atoms. The van der Waals surface area contributed by atoms with Gasteiger partial charge in [0.1, 0.15) is 10.4 Å². The van der Waals surface area contributed by atoms with Crippen molar-refractivity contribution in [2.75, 3.05) is 7.11 Å². The Bertz CT molecular complexity index is 314. The molecule has 0 aliphatic heterocycles. The van der Waals surface area contributed by atoms with Gasteiger partial charge in [-0.2, -0.15) is 0 Å². The first kappa shape index (κ1) is 8.99. The van der Waals surface area contributed by atoms with Crippen LogP contribution in [0.25, 0.3) is 0 Å². The minimum absolute atomic E-state index is 0.131. The maximum absolute atomic E-state index is 10.8. The van der Waals surface area contributed by atoms with Crippen LogP contribution >= 0.6 is 15.9 Å². The normalized spacial score (nSPS) is 9.50. The number of pyridine rings is 1. The minimum atomic E-state index is -0.604. The van der Waals surface area contributed by atoms with Crippen molar-refractivity contribution in [1.29, 1.82) is 0 Å². The van der Waals surface area contributed by atoms with Crippen LogP contribution in [0.15, 0.2) is 16.7 Å². The number of carbonyl (C=O) groups excluding carboxylic acids is 1. The average Bonchev–Trinajstić information content (AvgIpc) is 2.04. The Morgan fingerprint density at radius 1 is 1.67 bits per heavy atom. The summed E-state index contributed by atoms with van der Waals surface area (Å²) in [6.45, 7) is 0. The van der Waals surface area contributed by atoms with E-state index in [1.54, 1.807) is 12.1 Å². The van der Waals surface area contributed by atoms with Crippen molar-refractivity contribution < 1.29 is 9.53 Å². The van der Waals surface area contributed by atoms with Crippen LogP contribution in [0, 0.1) is 0 Å². The Morgan fingerprint density at radius 2 is 2.33 bits per heavy atom. The van der Waals surface area contributed by atoms with E-state index >= 15 is 0 Å². The van der Waals surface area contributed by atoms with Crippen LogP contribution in [0.1, 0.15) is 10.5 Å². The fourth-order valence-electron chi connectivity index (χ4n) is 0.764. The highest BCUT2D eigenvalue weighted by molar-refractivity contribution is 9.10. The van der Waals surface area contributed by atoms with Crippen molar-refractivity contribution in [1.82, 2.24) is 4.98 Å². The number of primary amides is 1. The smallest absolute Gasteiger partial charge is 0.271 e. The van der Waals surface area contributed by atoms with Gasteiger partial charge in [0.05, 0.1) is 7.11 Å². The number of nitrogens with zero attached hydrogens (tertiary/aromatic N) is 1. The van der Waals surface area contributed by atoms with E-state index in [0.29, 0.717) is 10.4 Å². The Morgan fingerprint density at radius 3 is 2.83 bits per heavy atom. The van der Waals surface area contributed by atoms with Crippen molar-refractivity contribution in [2.45, 2.75) is 0 Å². The molecule has 1 heterocycles. The Balaban J connectivity index is 3.21. The highest BCUT2D eigenvalue weighted by Crippen LogP contribution is 2.18. The van der Waals surface area contributed by atoms with Crippen molar-refractivity contribution in [3.05, 3.63) is 22.4 Å². The van der Waals surface area contributed by atoms with Crippen LogP contribution in [0.5, 0.6) is 5.75 Å². The molecule has 0 aliphatic rings. The van der Waals surface area contributed by atoms with E-state index < -0.39 is 5.91 Å². The molecule has 1 aromatic heterocycles. The Labute approximate surface area is 77.9 Å². The van der Waals surface area contributed by atoms with E-state index in [-0.39, 0.29) is 5.69 Å². The molecule has 0 saturated carbocycles. The molecule has 2 N–H and O–H groups in total. The Hall–Kier alpha value is -1.10. The zero-order valence-electron chi connectivity index (χ0n) is 6.37. The van der Waals surface area contributed by atoms with Crippen molar-refractivity contribution >= 4 is 21.8 Å². The molecule has 5 heteroatoms. The van der Waals surface area contributed by atoms with Gasteiger partial charge in [-0.25, -0.2) is 4.98 Å². The lowest BCUT2D eigenvalue weighted by molar-refractivity contribution is 0.0992. The van der Waals surface area contributed by atoms with Gasteiger partial charge in [0.25, 0.3) is 5.91 Å². The van der Waals surface area contributed by atoms with Gasteiger partial charge in [-0.05, 0) is 28.1 Å². The van der Waals surface area contributed by atoms with Crippen molar-refractivity contribution in [3.63, 3.8) is 0 Å².